The number of amides is 2. The van der Waals surface area contributed by atoms with Gasteiger partial charge in [0.15, 0.2) is 0 Å². The molecule has 0 spiro atoms. The molecule has 0 saturated heterocycles. The third-order valence-electron chi connectivity index (χ3n) is 5.10. The van der Waals surface area contributed by atoms with E-state index in [0.717, 1.165) is 28.7 Å². The van der Waals surface area contributed by atoms with Gasteiger partial charge in [0.1, 0.15) is 6.04 Å². The first-order chi connectivity index (χ1) is 13.7. The standard InChI is InChI=1S/C24H31ClN2O2/c1-6-18(4)26-24(29)19(5)27(15-21-9-7-8-10-22(21)25)23(28)14-20-12-16(2)11-17(3)13-20/h7-13,18-19H,6,14-15H2,1-5H3,(H,26,29)/t18-,19-/m0/s1. The Morgan fingerprint density at radius 2 is 1.69 bits per heavy atom. The highest BCUT2D eigenvalue weighted by Gasteiger charge is 2.27. The smallest absolute Gasteiger partial charge is 0.242 e. The minimum atomic E-state index is -0.598. The zero-order valence-corrected chi connectivity index (χ0v) is 18.7. The molecule has 4 nitrogen and oxygen atoms in total. The zero-order chi connectivity index (χ0) is 21.6. The molecular weight excluding hydrogens is 384 g/mol. The summed E-state index contributed by atoms with van der Waals surface area (Å²) >= 11 is 6.33. The van der Waals surface area contributed by atoms with Gasteiger partial charge in [-0.05, 0) is 51.3 Å². The van der Waals surface area contributed by atoms with Crippen LogP contribution in [0.4, 0.5) is 0 Å². The number of rotatable bonds is 8. The van der Waals surface area contributed by atoms with Crippen LogP contribution in [0.15, 0.2) is 42.5 Å². The Hall–Kier alpha value is -2.33. The summed E-state index contributed by atoms with van der Waals surface area (Å²) in [6, 6.07) is 13.0. The van der Waals surface area contributed by atoms with Crippen LogP contribution in [0.25, 0.3) is 0 Å². The molecule has 0 radical (unpaired) electrons. The van der Waals surface area contributed by atoms with E-state index in [1.54, 1.807) is 17.9 Å². The van der Waals surface area contributed by atoms with Gasteiger partial charge in [-0.1, -0.05) is 66.0 Å². The first kappa shape index (κ1) is 23.0. The molecule has 2 amide bonds. The molecule has 2 rings (SSSR count). The van der Waals surface area contributed by atoms with Crippen molar-refractivity contribution in [2.75, 3.05) is 0 Å². The monoisotopic (exact) mass is 414 g/mol. The molecule has 0 fully saturated rings. The molecule has 2 atom stereocenters. The van der Waals surface area contributed by atoms with E-state index in [4.69, 9.17) is 11.6 Å². The largest absolute Gasteiger partial charge is 0.352 e. The first-order valence-electron chi connectivity index (χ1n) is 10.1. The third kappa shape index (κ3) is 6.60. The van der Waals surface area contributed by atoms with Gasteiger partial charge < -0.3 is 10.2 Å². The highest BCUT2D eigenvalue weighted by Crippen LogP contribution is 2.20. The van der Waals surface area contributed by atoms with Gasteiger partial charge >= 0.3 is 0 Å². The van der Waals surface area contributed by atoms with Crippen molar-refractivity contribution in [3.05, 3.63) is 69.7 Å². The number of hydrogen-bond acceptors (Lipinski definition) is 2. The topological polar surface area (TPSA) is 49.4 Å². The zero-order valence-electron chi connectivity index (χ0n) is 18.0. The fourth-order valence-corrected chi connectivity index (χ4v) is 3.50. The minimum Gasteiger partial charge on any atom is -0.352 e. The Balaban J connectivity index is 2.28. The first-order valence-corrected chi connectivity index (χ1v) is 10.5. The van der Waals surface area contributed by atoms with Gasteiger partial charge in [0.05, 0.1) is 6.42 Å². The van der Waals surface area contributed by atoms with E-state index in [-0.39, 0.29) is 24.3 Å². The maximum Gasteiger partial charge on any atom is 0.242 e. The lowest BCUT2D eigenvalue weighted by Gasteiger charge is -2.30. The molecule has 0 saturated carbocycles. The molecular formula is C24H31ClN2O2. The van der Waals surface area contributed by atoms with E-state index in [2.05, 4.69) is 11.4 Å². The van der Waals surface area contributed by atoms with E-state index in [1.165, 1.54) is 0 Å². The number of benzene rings is 2. The maximum atomic E-state index is 13.3. The van der Waals surface area contributed by atoms with E-state index in [1.807, 2.05) is 58.0 Å². The summed E-state index contributed by atoms with van der Waals surface area (Å²) in [7, 11) is 0. The van der Waals surface area contributed by atoms with E-state index < -0.39 is 6.04 Å². The second kappa shape index (κ2) is 10.4. The van der Waals surface area contributed by atoms with Crippen LogP contribution in [-0.4, -0.2) is 28.8 Å². The van der Waals surface area contributed by atoms with Crippen molar-refractivity contribution in [3.8, 4) is 0 Å². The van der Waals surface area contributed by atoms with Crippen LogP contribution in [0.1, 0.15) is 49.4 Å². The molecule has 2 aromatic carbocycles. The molecule has 156 valence electrons. The summed E-state index contributed by atoms with van der Waals surface area (Å²) < 4.78 is 0. The van der Waals surface area contributed by atoms with Gasteiger partial charge in [-0.25, -0.2) is 0 Å². The van der Waals surface area contributed by atoms with Crippen LogP contribution in [0, 0.1) is 13.8 Å². The van der Waals surface area contributed by atoms with Crippen LogP contribution < -0.4 is 5.32 Å². The number of nitrogens with zero attached hydrogens (tertiary/aromatic N) is 1. The lowest BCUT2D eigenvalue weighted by molar-refractivity contribution is -0.140. The fraction of sp³-hybridized carbons (Fsp3) is 0.417. The number of aryl methyl sites for hydroxylation is 2. The maximum absolute atomic E-state index is 13.3. The molecule has 0 aromatic heterocycles. The second-order valence-corrected chi connectivity index (χ2v) is 8.19. The molecule has 29 heavy (non-hydrogen) atoms. The molecule has 0 aliphatic heterocycles. The normalized spacial score (nSPS) is 12.9. The molecule has 0 unspecified atom stereocenters. The predicted octanol–water partition coefficient (Wildman–Crippen LogP) is 4.83. The third-order valence-corrected chi connectivity index (χ3v) is 5.47. The van der Waals surface area contributed by atoms with Gasteiger partial charge in [-0.2, -0.15) is 0 Å². The molecule has 0 aliphatic carbocycles. The Kier molecular flexibility index (Phi) is 8.27. The summed E-state index contributed by atoms with van der Waals surface area (Å²) in [4.78, 5) is 27.6. The quantitative estimate of drug-likeness (QED) is 0.672. The summed E-state index contributed by atoms with van der Waals surface area (Å²) in [5, 5.41) is 3.57. The lowest BCUT2D eigenvalue weighted by Crippen LogP contribution is -2.50. The van der Waals surface area contributed by atoms with Crippen LogP contribution in [-0.2, 0) is 22.6 Å². The minimum absolute atomic E-state index is 0.0571. The average Bonchev–Trinajstić information content (AvgIpc) is 2.65. The molecule has 0 aliphatic rings. The Morgan fingerprint density at radius 1 is 1.07 bits per heavy atom. The fourth-order valence-electron chi connectivity index (χ4n) is 3.31. The Morgan fingerprint density at radius 3 is 2.28 bits per heavy atom. The molecule has 0 heterocycles. The summed E-state index contributed by atoms with van der Waals surface area (Å²) in [5.41, 5.74) is 4.01. The van der Waals surface area contributed by atoms with Crippen LogP contribution >= 0.6 is 11.6 Å². The lowest BCUT2D eigenvalue weighted by atomic mass is 10.0. The molecule has 5 heteroatoms. The number of carbonyl (C=O) groups excluding carboxylic acids is 2. The highest BCUT2D eigenvalue weighted by molar-refractivity contribution is 6.31. The van der Waals surface area contributed by atoms with Crippen molar-refractivity contribution >= 4 is 23.4 Å². The summed E-state index contributed by atoms with van der Waals surface area (Å²) in [5.74, 6) is -0.248. The molecule has 0 bridgehead atoms. The number of hydrogen-bond donors (Lipinski definition) is 1. The van der Waals surface area contributed by atoms with Crippen LogP contribution in [0.5, 0.6) is 0 Å². The van der Waals surface area contributed by atoms with Gasteiger partial charge in [0.2, 0.25) is 11.8 Å². The number of halogens is 1. The van der Waals surface area contributed by atoms with E-state index in [0.29, 0.717) is 11.6 Å². The van der Waals surface area contributed by atoms with E-state index >= 15 is 0 Å². The summed E-state index contributed by atoms with van der Waals surface area (Å²) in [6.45, 7) is 10.1. The van der Waals surface area contributed by atoms with Crippen molar-refractivity contribution in [2.45, 2.75) is 66.1 Å². The Bertz CT molecular complexity index is 845. The average molecular weight is 415 g/mol. The van der Waals surface area contributed by atoms with Crippen LogP contribution in [0.3, 0.4) is 0 Å². The van der Waals surface area contributed by atoms with Gasteiger partial charge in [-0.15, -0.1) is 0 Å². The number of nitrogens with one attached hydrogen (secondary N) is 1. The van der Waals surface area contributed by atoms with Crippen molar-refractivity contribution in [2.24, 2.45) is 0 Å². The molecule has 2 aromatic rings. The Labute approximate surface area is 179 Å². The van der Waals surface area contributed by atoms with Crippen molar-refractivity contribution in [3.63, 3.8) is 0 Å². The SMILES string of the molecule is CC[C@H](C)NC(=O)[C@H](C)N(Cc1ccccc1Cl)C(=O)Cc1cc(C)cc(C)c1. The van der Waals surface area contributed by atoms with Gasteiger partial charge in [0, 0.05) is 17.6 Å². The van der Waals surface area contributed by atoms with Gasteiger partial charge in [-0.3, -0.25) is 9.59 Å². The predicted molar refractivity (Wildman–Crippen MR) is 119 cm³/mol. The van der Waals surface area contributed by atoms with Crippen molar-refractivity contribution < 1.29 is 9.59 Å². The summed E-state index contributed by atoms with van der Waals surface area (Å²) in [6.07, 6.45) is 1.08. The van der Waals surface area contributed by atoms with E-state index in [9.17, 15) is 9.59 Å². The highest BCUT2D eigenvalue weighted by atomic mass is 35.5. The van der Waals surface area contributed by atoms with Crippen molar-refractivity contribution in [1.29, 1.82) is 0 Å². The second-order valence-electron chi connectivity index (χ2n) is 7.78. The number of carbonyl (C=O) groups is 2. The van der Waals surface area contributed by atoms with Crippen LogP contribution in [0.2, 0.25) is 5.02 Å². The van der Waals surface area contributed by atoms with Crippen molar-refractivity contribution in [1.82, 2.24) is 10.2 Å². The molecule has 1 N–H and O–H groups in total. The van der Waals surface area contributed by atoms with Gasteiger partial charge in [0.25, 0.3) is 0 Å².